The number of piperidine rings is 2. The fourth-order valence-corrected chi connectivity index (χ4v) is 3.25. The molecule has 2 aliphatic heterocycles. The SMILES string of the molecule is CC(C)C(=O)CN1CCC(O[C@H]2CCN(C)[C@@H](C)C2)CC1. The zero-order valence-corrected chi connectivity index (χ0v) is 14.2. The standard InChI is InChI=1S/C17H32N2O2/c1-13(2)17(20)12-19-9-6-15(7-10-19)21-16-5-8-18(4)14(3)11-16/h13-16H,5-12H2,1-4H3/t14-,16-/m0/s1. The largest absolute Gasteiger partial charge is 0.375 e. The van der Waals surface area contributed by atoms with E-state index in [0.717, 1.165) is 45.3 Å². The lowest BCUT2D eigenvalue weighted by Gasteiger charge is -2.38. The maximum atomic E-state index is 11.8. The number of hydrogen-bond acceptors (Lipinski definition) is 4. The number of ketones is 1. The summed E-state index contributed by atoms with van der Waals surface area (Å²) in [5.41, 5.74) is 0. The lowest BCUT2D eigenvalue weighted by atomic mass is 10.00. The van der Waals surface area contributed by atoms with Gasteiger partial charge in [0.2, 0.25) is 0 Å². The monoisotopic (exact) mass is 296 g/mol. The van der Waals surface area contributed by atoms with Gasteiger partial charge >= 0.3 is 0 Å². The molecule has 0 aromatic rings. The molecule has 2 fully saturated rings. The van der Waals surface area contributed by atoms with Gasteiger partial charge in [-0.15, -0.1) is 0 Å². The van der Waals surface area contributed by atoms with Crippen molar-refractivity contribution in [1.29, 1.82) is 0 Å². The fourth-order valence-electron chi connectivity index (χ4n) is 3.25. The number of likely N-dealkylation sites (tertiary alicyclic amines) is 2. The van der Waals surface area contributed by atoms with E-state index in [4.69, 9.17) is 4.74 Å². The Balaban J connectivity index is 1.68. The minimum atomic E-state index is 0.152. The summed E-state index contributed by atoms with van der Waals surface area (Å²) in [6, 6.07) is 0.632. The molecule has 2 aliphatic rings. The number of ether oxygens (including phenoxy) is 1. The maximum absolute atomic E-state index is 11.8. The fraction of sp³-hybridized carbons (Fsp3) is 0.941. The Labute approximate surface area is 129 Å². The average Bonchev–Trinajstić information content (AvgIpc) is 2.45. The van der Waals surface area contributed by atoms with Gasteiger partial charge in [-0.3, -0.25) is 9.69 Å². The van der Waals surface area contributed by atoms with Crippen LogP contribution in [0.4, 0.5) is 0 Å². The van der Waals surface area contributed by atoms with Crippen LogP contribution in [0.15, 0.2) is 0 Å². The van der Waals surface area contributed by atoms with Gasteiger partial charge in [0, 0.05) is 31.6 Å². The van der Waals surface area contributed by atoms with Crippen LogP contribution in [0, 0.1) is 5.92 Å². The number of hydrogen-bond donors (Lipinski definition) is 0. The first kappa shape index (κ1) is 16.9. The third-order valence-corrected chi connectivity index (χ3v) is 5.10. The zero-order valence-electron chi connectivity index (χ0n) is 14.2. The summed E-state index contributed by atoms with van der Waals surface area (Å²) in [5.74, 6) is 0.512. The van der Waals surface area contributed by atoms with Crippen molar-refractivity contribution in [2.75, 3.05) is 33.2 Å². The molecule has 122 valence electrons. The number of carbonyl (C=O) groups is 1. The Bertz CT molecular complexity index is 338. The molecule has 0 saturated carbocycles. The number of carbonyl (C=O) groups excluding carboxylic acids is 1. The molecule has 0 spiro atoms. The van der Waals surface area contributed by atoms with Gasteiger partial charge in [-0.05, 0) is 39.7 Å². The Hall–Kier alpha value is -0.450. The minimum Gasteiger partial charge on any atom is -0.375 e. The second kappa shape index (κ2) is 7.70. The van der Waals surface area contributed by atoms with Crippen molar-refractivity contribution in [2.45, 2.75) is 64.7 Å². The van der Waals surface area contributed by atoms with E-state index in [1.165, 1.54) is 0 Å². The topological polar surface area (TPSA) is 32.8 Å². The summed E-state index contributed by atoms with van der Waals surface area (Å²) in [6.45, 7) is 10.0. The summed E-state index contributed by atoms with van der Waals surface area (Å²) in [4.78, 5) is 16.5. The van der Waals surface area contributed by atoms with Crippen molar-refractivity contribution in [2.24, 2.45) is 5.92 Å². The van der Waals surface area contributed by atoms with E-state index in [0.29, 0.717) is 30.6 Å². The summed E-state index contributed by atoms with van der Waals surface area (Å²) >= 11 is 0. The smallest absolute Gasteiger partial charge is 0.149 e. The van der Waals surface area contributed by atoms with Crippen LogP contribution in [0.3, 0.4) is 0 Å². The van der Waals surface area contributed by atoms with E-state index in [1.807, 2.05) is 13.8 Å². The summed E-state index contributed by atoms with van der Waals surface area (Å²) in [7, 11) is 2.20. The highest BCUT2D eigenvalue weighted by atomic mass is 16.5. The molecule has 2 rings (SSSR count). The predicted octanol–water partition coefficient (Wildman–Crippen LogP) is 2.18. The normalized spacial score (nSPS) is 30.0. The van der Waals surface area contributed by atoms with Gasteiger partial charge in [-0.2, -0.15) is 0 Å². The first-order chi connectivity index (χ1) is 9.95. The van der Waals surface area contributed by atoms with E-state index in [1.54, 1.807) is 0 Å². The molecule has 0 radical (unpaired) electrons. The Morgan fingerprint density at radius 1 is 1.14 bits per heavy atom. The van der Waals surface area contributed by atoms with Crippen LogP contribution in [-0.2, 0) is 9.53 Å². The van der Waals surface area contributed by atoms with Gasteiger partial charge in [-0.25, -0.2) is 0 Å². The van der Waals surface area contributed by atoms with Crippen LogP contribution in [0.2, 0.25) is 0 Å². The van der Waals surface area contributed by atoms with Gasteiger partial charge in [0.05, 0.1) is 18.8 Å². The zero-order chi connectivity index (χ0) is 15.4. The van der Waals surface area contributed by atoms with Crippen molar-refractivity contribution in [1.82, 2.24) is 9.80 Å². The highest BCUT2D eigenvalue weighted by Crippen LogP contribution is 2.23. The molecule has 2 atom stereocenters. The highest BCUT2D eigenvalue weighted by molar-refractivity contribution is 5.82. The number of nitrogens with zero attached hydrogens (tertiary/aromatic N) is 2. The Morgan fingerprint density at radius 2 is 1.76 bits per heavy atom. The van der Waals surface area contributed by atoms with Crippen molar-refractivity contribution in [3.05, 3.63) is 0 Å². The van der Waals surface area contributed by atoms with E-state index in [2.05, 4.69) is 23.8 Å². The molecule has 21 heavy (non-hydrogen) atoms. The molecule has 4 nitrogen and oxygen atoms in total. The molecule has 0 aromatic heterocycles. The molecule has 0 N–H and O–H groups in total. The van der Waals surface area contributed by atoms with Crippen molar-refractivity contribution < 1.29 is 9.53 Å². The minimum absolute atomic E-state index is 0.152. The maximum Gasteiger partial charge on any atom is 0.149 e. The third kappa shape index (κ3) is 5.04. The molecule has 0 aromatic carbocycles. The summed E-state index contributed by atoms with van der Waals surface area (Å²) in [6.07, 6.45) is 5.30. The Kier molecular flexibility index (Phi) is 6.20. The van der Waals surface area contributed by atoms with Gasteiger partial charge in [0.25, 0.3) is 0 Å². The van der Waals surface area contributed by atoms with Crippen molar-refractivity contribution in [3.63, 3.8) is 0 Å². The van der Waals surface area contributed by atoms with E-state index >= 15 is 0 Å². The predicted molar refractivity (Wildman–Crippen MR) is 85.5 cm³/mol. The summed E-state index contributed by atoms with van der Waals surface area (Å²) < 4.78 is 6.31. The molecule has 2 saturated heterocycles. The molecule has 2 heterocycles. The van der Waals surface area contributed by atoms with Crippen LogP contribution in [0.25, 0.3) is 0 Å². The van der Waals surface area contributed by atoms with Crippen LogP contribution < -0.4 is 0 Å². The van der Waals surface area contributed by atoms with Gasteiger partial charge < -0.3 is 9.64 Å². The highest BCUT2D eigenvalue weighted by Gasteiger charge is 2.28. The first-order valence-corrected chi connectivity index (χ1v) is 8.56. The molecule has 4 heteroatoms. The molecular weight excluding hydrogens is 264 g/mol. The number of rotatable bonds is 5. The second-order valence-electron chi connectivity index (χ2n) is 7.21. The van der Waals surface area contributed by atoms with Gasteiger partial charge in [0.1, 0.15) is 5.78 Å². The molecule has 0 unspecified atom stereocenters. The molecular formula is C17H32N2O2. The lowest BCUT2D eigenvalue weighted by Crippen LogP contribution is -2.45. The molecule has 0 aliphatic carbocycles. The summed E-state index contributed by atoms with van der Waals surface area (Å²) in [5, 5.41) is 0. The van der Waals surface area contributed by atoms with Crippen molar-refractivity contribution in [3.8, 4) is 0 Å². The lowest BCUT2D eigenvalue weighted by molar-refractivity contribution is -0.124. The van der Waals surface area contributed by atoms with Crippen molar-refractivity contribution >= 4 is 5.78 Å². The van der Waals surface area contributed by atoms with E-state index in [9.17, 15) is 4.79 Å². The molecule has 0 bridgehead atoms. The average molecular weight is 296 g/mol. The van der Waals surface area contributed by atoms with Crippen LogP contribution in [0.1, 0.15) is 46.5 Å². The first-order valence-electron chi connectivity index (χ1n) is 8.56. The van der Waals surface area contributed by atoms with E-state index < -0.39 is 0 Å². The van der Waals surface area contributed by atoms with Crippen LogP contribution >= 0.6 is 0 Å². The quantitative estimate of drug-likeness (QED) is 0.778. The van der Waals surface area contributed by atoms with Crippen LogP contribution in [-0.4, -0.2) is 67.1 Å². The molecule has 0 amide bonds. The van der Waals surface area contributed by atoms with E-state index in [-0.39, 0.29) is 5.92 Å². The number of Topliss-reactive ketones (excluding diaryl/α,β-unsaturated/α-hetero) is 1. The second-order valence-corrected chi connectivity index (χ2v) is 7.21. The Morgan fingerprint density at radius 3 is 2.33 bits per heavy atom. The van der Waals surface area contributed by atoms with Gasteiger partial charge in [0.15, 0.2) is 0 Å². The third-order valence-electron chi connectivity index (χ3n) is 5.10. The van der Waals surface area contributed by atoms with Crippen LogP contribution in [0.5, 0.6) is 0 Å². The van der Waals surface area contributed by atoms with Gasteiger partial charge in [-0.1, -0.05) is 13.8 Å².